The first kappa shape index (κ1) is 14.5. The summed E-state index contributed by atoms with van der Waals surface area (Å²) in [5.74, 6) is 0.451. The highest BCUT2D eigenvalue weighted by Crippen LogP contribution is 2.24. The number of methoxy groups -OCH3 is 1. The number of halogens is 1. The average Bonchev–Trinajstić information content (AvgIpc) is 2.37. The Kier molecular flexibility index (Phi) is 5.65. The maximum Gasteiger partial charge on any atom is 0.258 e. The minimum absolute atomic E-state index is 0.0980. The second-order valence-electron chi connectivity index (χ2n) is 3.63. The molecule has 0 aromatic heterocycles. The van der Waals surface area contributed by atoms with Crippen LogP contribution in [0.3, 0.4) is 0 Å². The zero-order valence-corrected chi connectivity index (χ0v) is 11.9. The number of hydrogen-bond acceptors (Lipinski definition) is 2. The zero-order valence-electron chi connectivity index (χ0n) is 10.4. The van der Waals surface area contributed by atoms with Crippen LogP contribution >= 0.6 is 15.9 Å². The molecule has 0 aliphatic heterocycles. The summed E-state index contributed by atoms with van der Waals surface area (Å²) in [5, 5.41) is 0. The van der Waals surface area contributed by atoms with Crippen LogP contribution in [0, 0.1) is 0 Å². The third kappa shape index (κ3) is 3.47. The predicted molar refractivity (Wildman–Crippen MR) is 77.0 cm³/mol. The van der Waals surface area contributed by atoms with Gasteiger partial charge in [0.2, 0.25) is 0 Å². The first-order valence-electron chi connectivity index (χ1n) is 5.48. The van der Waals surface area contributed by atoms with Crippen molar-refractivity contribution in [1.29, 1.82) is 0 Å². The predicted octanol–water partition coefficient (Wildman–Crippen LogP) is 3.27. The van der Waals surface area contributed by atoms with E-state index in [2.05, 4.69) is 29.1 Å². The van der Waals surface area contributed by atoms with E-state index >= 15 is 0 Å². The summed E-state index contributed by atoms with van der Waals surface area (Å²) in [4.78, 5) is 14.0. The lowest BCUT2D eigenvalue weighted by atomic mass is 10.1. The van der Waals surface area contributed by atoms with Gasteiger partial charge in [0.25, 0.3) is 5.91 Å². The molecule has 1 rings (SSSR count). The van der Waals surface area contributed by atoms with Crippen LogP contribution < -0.4 is 4.74 Å². The van der Waals surface area contributed by atoms with E-state index in [0.717, 1.165) is 4.47 Å². The molecule has 0 saturated carbocycles. The molecule has 0 bridgehead atoms. The van der Waals surface area contributed by atoms with Crippen molar-refractivity contribution in [2.24, 2.45) is 0 Å². The molecule has 4 heteroatoms. The number of carbonyl (C=O) groups excluding carboxylic acids is 1. The third-order valence-electron chi connectivity index (χ3n) is 2.38. The van der Waals surface area contributed by atoms with Crippen LogP contribution in [0.2, 0.25) is 0 Å². The first-order chi connectivity index (χ1) is 8.63. The van der Waals surface area contributed by atoms with Gasteiger partial charge in [-0.15, -0.1) is 13.2 Å². The summed E-state index contributed by atoms with van der Waals surface area (Å²) in [6.45, 7) is 8.25. The van der Waals surface area contributed by atoms with Crippen LogP contribution in [0.15, 0.2) is 48.0 Å². The Balaban J connectivity index is 3.07. The van der Waals surface area contributed by atoms with E-state index in [1.165, 1.54) is 0 Å². The van der Waals surface area contributed by atoms with E-state index in [1.54, 1.807) is 36.3 Å². The Labute approximate surface area is 116 Å². The lowest BCUT2D eigenvalue weighted by Crippen LogP contribution is -2.31. The van der Waals surface area contributed by atoms with Gasteiger partial charge in [0.05, 0.1) is 12.7 Å². The van der Waals surface area contributed by atoms with E-state index in [1.807, 2.05) is 6.07 Å². The van der Waals surface area contributed by atoms with Gasteiger partial charge in [0, 0.05) is 17.6 Å². The second kappa shape index (κ2) is 7.01. The number of nitrogens with zero attached hydrogens (tertiary/aromatic N) is 1. The normalized spacial score (nSPS) is 9.67. The summed E-state index contributed by atoms with van der Waals surface area (Å²) >= 11 is 3.35. The fourth-order valence-corrected chi connectivity index (χ4v) is 1.90. The molecule has 0 aliphatic carbocycles. The quantitative estimate of drug-likeness (QED) is 0.755. The monoisotopic (exact) mass is 309 g/mol. The fraction of sp³-hybridized carbons (Fsp3) is 0.214. The molecule has 0 aliphatic rings. The first-order valence-corrected chi connectivity index (χ1v) is 6.28. The van der Waals surface area contributed by atoms with Crippen LogP contribution in [0.1, 0.15) is 10.4 Å². The Hall–Kier alpha value is -1.55. The lowest BCUT2D eigenvalue weighted by molar-refractivity contribution is 0.0787. The lowest BCUT2D eigenvalue weighted by Gasteiger charge is -2.20. The van der Waals surface area contributed by atoms with Gasteiger partial charge < -0.3 is 9.64 Å². The molecule has 1 aromatic carbocycles. The van der Waals surface area contributed by atoms with Gasteiger partial charge in [-0.2, -0.15) is 0 Å². The van der Waals surface area contributed by atoms with Crippen LogP contribution in [0.5, 0.6) is 5.75 Å². The van der Waals surface area contributed by atoms with Crippen molar-refractivity contribution in [2.45, 2.75) is 0 Å². The van der Waals surface area contributed by atoms with Crippen molar-refractivity contribution in [1.82, 2.24) is 4.90 Å². The summed E-state index contributed by atoms with van der Waals surface area (Å²) in [7, 11) is 1.55. The molecule has 1 amide bonds. The maximum atomic E-state index is 12.4. The van der Waals surface area contributed by atoms with Crippen molar-refractivity contribution >= 4 is 21.8 Å². The van der Waals surface area contributed by atoms with Crippen LogP contribution in [-0.4, -0.2) is 31.0 Å². The van der Waals surface area contributed by atoms with Crippen molar-refractivity contribution < 1.29 is 9.53 Å². The van der Waals surface area contributed by atoms with Gasteiger partial charge in [-0.3, -0.25) is 4.79 Å². The van der Waals surface area contributed by atoms with E-state index in [4.69, 9.17) is 4.74 Å². The van der Waals surface area contributed by atoms with Gasteiger partial charge >= 0.3 is 0 Å². The van der Waals surface area contributed by atoms with E-state index < -0.39 is 0 Å². The van der Waals surface area contributed by atoms with E-state index in [-0.39, 0.29) is 5.91 Å². The van der Waals surface area contributed by atoms with Crippen molar-refractivity contribution in [2.75, 3.05) is 20.2 Å². The van der Waals surface area contributed by atoms with Crippen LogP contribution in [0.4, 0.5) is 0 Å². The highest BCUT2D eigenvalue weighted by Gasteiger charge is 2.17. The summed E-state index contributed by atoms with van der Waals surface area (Å²) in [6.07, 6.45) is 3.37. The molecule has 0 spiro atoms. The average molecular weight is 310 g/mol. The molecule has 3 nitrogen and oxygen atoms in total. The van der Waals surface area contributed by atoms with Gasteiger partial charge in [-0.05, 0) is 18.2 Å². The molecule has 0 saturated heterocycles. The molecule has 0 fully saturated rings. The number of amides is 1. The Bertz CT molecular complexity index is 447. The molecular formula is C14H16BrNO2. The summed E-state index contributed by atoms with van der Waals surface area (Å²) in [5.41, 5.74) is 0.532. The second-order valence-corrected chi connectivity index (χ2v) is 4.55. The summed E-state index contributed by atoms with van der Waals surface area (Å²) < 4.78 is 6.09. The van der Waals surface area contributed by atoms with Gasteiger partial charge in [0.15, 0.2) is 0 Å². The summed E-state index contributed by atoms with van der Waals surface area (Å²) in [6, 6.07) is 5.33. The molecule has 1 aromatic rings. The third-order valence-corrected chi connectivity index (χ3v) is 2.87. The number of hydrogen-bond donors (Lipinski definition) is 0. The van der Waals surface area contributed by atoms with Crippen LogP contribution in [0.25, 0.3) is 0 Å². The molecule has 0 heterocycles. The Morgan fingerprint density at radius 3 is 2.50 bits per heavy atom. The van der Waals surface area contributed by atoms with E-state index in [9.17, 15) is 4.79 Å². The van der Waals surface area contributed by atoms with Gasteiger partial charge in [-0.25, -0.2) is 0 Å². The topological polar surface area (TPSA) is 29.5 Å². The molecule has 96 valence electrons. The zero-order chi connectivity index (χ0) is 13.5. The molecule has 0 unspecified atom stereocenters. The molecule has 0 N–H and O–H groups in total. The molecule has 0 radical (unpaired) electrons. The van der Waals surface area contributed by atoms with Crippen molar-refractivity contribution in [3.8, 4) is 5.75 Å². The highest BCUT2D eigenvalue weighted by atomic mass is 79.9. The SMILES string of the molecule is C=CCN(CC=C)C(=O)c1ccc(Br)cc1OC. The molecule has 0 atom stereocenters. The molecular weight excluding hydrogens is 294 g/mol. The Morgan fingerprint density at radius 1 is 1.39 bits per heavy atom. The highest BCUT2D eigenvalue weighted by molar-refractivity contribution is 9.10. The van der Waals surface area contributed by atoms with E-state index in [0.29, 0.717) is 24.4 Å². The number of ether oxygens (including phenoxy) is 1. The number of rotatable bonds is 6. The van der Waals surface area contributed by atoms with Gasteiger partial charge in [-0.1, -0.05) is 28.1 Å². The van der Waals surface area contributed by atoms with Crippen molar-refractivity contribution in [3.63, 3.8) is 0 Å². The fourth-order valence-electron chi connectivity index (χ4n) is 1.56. The molecule has 18 heavy (non-hydrogen) atoms. The minimum Gasteiger partial charge on any atom is -0.496 e. The Morgan fingerprint density at radius 2 is 2.00 bits per heavy atom. The number of carbonyl (C=O) groups is 1. The number of benzene rings is 1. The van der Waals surface area contributed by atoms with Crippen molar-refractivity contribution in [3.05, 3.63) is 53.5 Å². The van der Waals surface area contributed by atoms with Crippen LogP contribution in [-0.2, 0) is 0 Å². The standard InChI is InChI=1S/C14H16BrNO2/c1-4-8-16(9-5-2)14(17)12-7-6-11(15)10-13(12)18-3/h4-7,10H,1-2,8-9H2,3H3. The van der Waals surface area contributed by atoms with Gasteiger partial charge in [0.1, 0.15) is 5.75 Å². The maximum absolute atomic E-state index is 12.4. The minimum atomic E-state index is -0.0980. The smallest absolute Gasteiger partial charge is 0.258 e. The largest absolute Gasteiger partial charge is 0.496 e.